The van der Waals surface area contributed by atoms with Crippen LogP contribution in [0.4, 0.5) is 0 Å². The van der Waals surface area contributed by atoms with E-state index in [2.05, 4.69) is 26.2 Å². The second-order valence-electron chi connectivity index (χ2n) is 4.36. The van der Waals surface area contributed by atoms with Gasteiger partial charge in [0, 0.05) is 35.9 Å². The zero-order valence-electron chi connectivity index (χ0n) is 10.0. The van der Waals surface area contributed by atoms with E-state index in [0.717, 1.165) is 10.0 Å². The molecular weight excluding hydrogens is 298 g/mol. The summed E-state index contributed by atoms with van der Waals surface area (Å²) in [5, 5.41) is 2.60. The lowest BCUT2D eigenvalue weighted by atomic mass is 10.1. The molecule has 1 unspecified atom stereocenters. The van der Waals surface area contributed by atoms with Gasteiger partial charge in [-0.3, -0.25) is 14.6 Å². The molecule has 5 nitrogen and oxygen atoms in total. The van der Waals surface area contributed by atoms with Gasteiger partial charge in [0.15, 0.2) is 0 Å². The molecule has 0 bridgehead atoms. The van der Waals surface area contributed by atoms with Gasteiger partial charge in [0.05, 0.1) is 6.54 Å². The number of carbonyl (C=O) groups is 2. The Morgan fingerprint density at radius 3 is 3.00 bits per heavy atom. The van der Waals surface area contributed by atoms with Crippen LogP contribution in [0, 0.1) is 0 Å². The molecule has 1 saturated heterocycles. The highest BCUT2D eigenvalue weighted by atomic mass is 79.9. The van der Waals surface area contributed by atoms with E-state index in [1.54, 1.807) is 17.3 Å². The second-order valence-corrected chi connectivity index (χ2v) is 5.28. The number of pyridine rings is 1. The maximum Gasteiger partial charge on any atom is 0.242 e. The predicted molar refractivity (Wildman–Crippen MR) is 69.6 cm³/mol. The Morgan fingerprint density at radius 2 is 2.28 bits per heavy atom. The normalized spacial score (nSPS) is 20.6. The summed E-state index contributed by atoms with van der Waals surface area (Å²) in [5.74, 6) is -0.140. The van der Waals surface area contributed by atoms with Crippen LogP contribution in [0.15, 0.2) is 22.9 Å². The van der Waals surface area contributed by atoms with Crippen molar-refractivity contribution < 1.29 is 9.59 Å². The van der Waals surface area contributed by atoms with Gasteiger partial charge in [-0.2, -0.15) is 0 Å². The second kappa shape index (κ2) is 5.48. The fourth-order valence-corrected chi connectivity index (χ4v) is 2.37. The van der Waals surface area contributed by atoms with Crippen molar-refractivity contribution in [2.75, 3.05) is 6.54 Å². The van der Waals surface area contributed by atoms with E-state index in [0.29, 0.717) is 13.0 Å². The lowest BCUT2D eigenvalue weighted by Crippen LogP contribution is -2.39. The molecule has 1 aromatic rings. The van der Waals surface area contributed by atoms with Gasteiger partial charge in [-0.1, -0.05) is 0 Å². The first-order valence-corrected chi connectivity index (χ1v) is 6.51. The molecule has 6 heteroatoms. The zero-order valence-corrected chi connectivity index (χ0v) is 11.6. The molecule has 18 heavy (non-hydrogen) atoms. The molecule has 2 amide bonds. The zero-order chi connectivity index (χ0) is 13.1. The van der Waals surface area contributed by atoms with Crippen molar-refractivity contribution in [3.05, 3.63) is 28.5 Å². The van der Waals surface area contributed by atoms with Crippen LogP contribution < -0.4 is 5.32 Å². The van der Waals surface area contributed by atoms with Crippen molar-refractivity contribution in [3.8, 4) is 0 Å². The number of nitrogens with zero attached hydrogens (tertiary/aromatic N) is 2. The number of rotatable bonds is 2. The molecule has 1 fully saturated rings. The van der Waals surface area contributed by atoms with Gasteiger partial charge < -0.3 is 10.2 Å². The van der Waals surface area contributed by atoms with Crippen LogP contribution in [0.5, 0.6) is 0 Å². The third-order valence-electron chi connectivity index (χ3n) is 2.88. The number of hydrogen-bond donors (Lipinski definition) is 1. The molecule has 1 N–H and O–H groups in total. The van der Waals surface area contributed by atoms with Gasteiger partial charge in [-0.05, 0) is 34.5 Å². The minimum atomic E-state index is -0.0982. The molecule has 1 atom stereocenters. The van der Waals surface area contributed by atoms with Gasteiger partial charge in [0.1, 0.15) is 0 Å². The summed E-state index contributed by atoms with van der Waals surface area (Å²) < 4.78 is 0.879. The number of nitrogens with one attached hydrogen (secondary N) is 1. The first-order valence-electron chi connectivity index (χ1n) is 5.72. The van der Waals surface area contributed by atoms with Crippen LogP contribution in [-0.4, -0.2) is 34.3 Å². The van der Waals surface area contributed by atoms with Crippen molar-refractivity contribution in [2.24, 2.45) is 0 Å². The minimum absolute atomic E-state index is 0.0617. The summed E-state index contributed by atoms with van der Waals surface area (Å²) in [7, 11) is 0. The molecule has 2 rings (SSSR count). The Labute approximate surface area is 114 Å². The molecule has 0 radical (unpaired) electrons. The van der Waals surface area contributed by atoms with Gasteiger partial charge in [-0.15, -0.1) is 0 Å². The lowest BCUT2D eigenvalue weighted by molar-refractivity contribution is -0.132. The van der Waals surface area contributed by atoms with Crippen molar-refractivity contribution in [3.63, 3.8) is 0 Å². The number of aromatic nitrogens is 1. The number of amides is 2. The van der Waals surface area contributed by atoms with Crippen molar-refractivity contribution in [1.82, 2.24) is 15.2 Å². The quantitative estimate of drug-likeness (QED) is 0.889. The van der Waals surface area contributed by atoms with E-state index in [-0.39, 0.29) is 24.4 Å². The summed E-state index contributed by atoms with van der Waals surface area (Å²) in [6, 6.07) is 1.83. The molecule has 0 aliphatic carbocycles. The van der Waals surface area contributed by atoms with Crippen LogP contribution >= 0.6 is 15.9 Å². The Balaban J connectivity index is 2.15. The van der Waals surface area contributed by atoms with Gasteiger partial charge in [0.25, 0.3) is 0 Å². The Hall–Kier alpha value is -1.43. The van der Waals surface area contributed by atoms with E-state index < -0.39 is 0 Å². The molecule has 1 aliphatic heterocycles. The third-order valence-corrected chi connectivity index (χ3v) is 3.32. The Bertz CT molecular complexity index is 478. The minimum Gasteiger partial charge on any atom is -0.347 e. The smallest absolute Gasteiger partial charge is 0.242 e. The summed E-state index contributed by atoms with van der Waals surface area (Å²) in [5.41, 5.74) is 0.943. The first-order chi connectivity index (χ1) is 8.56. The van der Waals surface area contributed by atoms with Gasteiger partial charge in [-0.25, -0.2) is 0 Å². The molecule has 0 aromatic carbocycles. The summed E-state index contributed by atoms with van der Waals surface area (Å²) in [6.07, 6.45) is 3.76. The van der Waals surface area contributed by atoms with Crippen molar-refractivity contribution >= 4 is 27.7 Å². The SMILES string of the molecule is CC1CC(=O)NCC(=O)N1Cc1cncc(Br)c1. The maximum absolute atomic E-state index is 11.9. The molecule has 2 heterocycles. The number of carbonyl (C=O) groups excluding carboxylic acids is 2. The molecule has 96 valence electrons. The van der Waals surface area contributed by atoms with Crippen LogP contribution in [0.2, 0.25) is 0 Å². The molecule has 0 saturated carbocycles. The number of halogens is 1. The van der Waals surface area contributed by atoms with E-state index in [9.17, 15) is 9.59 Å². The van der Waals surface area contributed by atoms with Crippen LogP contribution in [-0.2, 0) is 16.1 Å². The highest BCUT2D eigenvalue weighted by Gasteiger charge is 2.26. The fourth-order valence-electron chi connectivity index (χ4n) is 1.96. The topological polar surface area (TPSA) is 62.3 Å². The summed E-state index contributed by atoms with van der Waals surface area (Å²) in [4.78, 5) is 29.1. The average molecular weight is 312 g/mol. The van der Waals surface area contributed by atoms with Crippen molar-refractivity contribution in [1.29, 1.82) is 0 Å². The van der Waals surface area contributed by atoms with Gasteiger partial charge >= 0.3 is 0 Å². The average Bonchev–Trinajstić information content (AvgIpc) is 2.43. The Kier molecular flexibility index (Phi) is 3.96. The van der Waals surface area contributed by atoms with E-state index >= 15 is 0 Å². The summed E-state index contributed by atoms with van der Waals surface area (Å²) >= 11 is 3.35. The Morgan fingerprint density at radius 1 is 1.50 bits per heavy atom. The highest BCUT2D eigenvalue weighted by Crippen LogP contribution is 2.15. The molecular formula is C12H14BrN3O2. The standard InChI is InChI=1S/C12H14BrN3O2/c1-8-2-11(17)15-6-12(18)16(8)7-9-3-10(13)5-14-4-9/h3-5,8H,2,6-7H2,1H3,(H,15,17). The largest absolute Gasteiger partial charge is 0.347 e. The van der Waals surface area contributed by atoms with Crippen LogP contribution in [0.3, 0.4) is 0 Å². The maximum atomic E-state index is 11.9. The van der Waals surface area contributed by atoms with E-state index in [4.69, 9.17) is 0 Å². The third kappa shape index (κ3) is 3.07. The number of hydrogen-bond acceptors (Lipinski definition) is 3. The fraction of sp³-hybridized carbons (Fsp3) is 0.417. The predicted octanol–water partition coefficient (Wildman–Crippen LogP) is 1.08. The van der Waals surface area contributed by atoms with Crippen LogP contribution in [0.25, 0.3) is 0 Å². The van der Waals surface area contributed by atoms with Gasteiger partial charge in [0.2, 0.25) is 11.8 Å². The van der Waals surface area contributed by atoms with E-state index in [1.165, 1.54) is 0 Å². The molecule has 1 aliphatic rings. The first kappa shape index (κ1) is 13.0. The monoisotopic (exact) mass is 311 g/mol. The van der Waals surface area contributed by atoms with Crippen molar-refractivity contribution in [2.45, 2.75) is 25.9 Å². The van der Waals surface area contributed by atoms with Crippen LogP contribution in [0.1, 0.15) is 18.9 Å². The summed E-state index contributed by atoms with van der Waals surface area (Å²) in [6.45, 7) is 2.43. The molecule has 0 spiro atoms. The van der Waals surface area contributed by atoms with E-state index in [1.807, 2.05) is 13.0 Å². The molecule has 1 aromatic heterocycles. The lowest BCUT2D eigenvalue weighted by Gasteiger charge is -2.26. The highest BCUT2D eigenvalue weighted by molar-refractivity contribution is 9.10.